The van der Waals surface area contributed by atoms with Crippen LogP contribution in [0.4, 0.5) is 0 Å². The quantitative estimate of drug-likeness (QED) is 0.809. The van der Waals surface area contributed by atoms with Crippen molar-refractivity contribution in [1.29, 1.82) is 0 Å². The molecule has 0 saturated heterocycles. The van der Waals surface area contributed by atoms with Gasteiger partial charge in [0.25, 0.3) is 0 Å². The Labute approximate surface area is 147 Å². The first-order valence-electron chi connectivity index (χ1n) is 8.32. The van der Waals surface area contributed by atoms with Crippen LogP contribution in [0.3, 0.4) is 0 Å². The summed E-state index contributed by atoms with van der Waals surface area (Å²) in [5.74, 6) is 0.683. The summed E-state index contributed by atoms with van der Waals surface area (Å²) < 4.78 is 33.4. The zero-order valence-corrected chi connectivity index (χ0v) is 15.5. The molecule has 1 aromatic heterocycles. The number of benzene rings is 1. The van der Waals surface area contributed by atoms with E-state index in [9.17, 15) is 8.42 Å². The van der Waals surface area contributed by atoms with E-state index >= 15 is 0 Å². The standard InChI is InChI=1S/C18H23NO3S2/c1-2-22-15-7-9-16(10-8-15)24(20,21)19-14-18(11-3-4-12-18)17-6-5-13-23-17/h5-10,13,19H,2-4,11-12,14H2,1H3. The molecule has 1 N–H and O–H groups in total. The fraction of sp³-hybridized carbons (Fsp3) is 0.444. The molecule has 0 amide bonds. The lowest BCUT2D eigenvalue weighted by atomic mass is 9.85. The van der Waals surface area contributed by atoms with Gasteiger partial charge in [-0.2, -0.15) is 0 Å². The fourth-order valence-corrected chi connectivity index (χ4v) is 5.46. The molecular weight excluding hydrogens is 342 g/mol. The molecule has 1 saturated carbocycles. The average molecular weight is 366 g/mol. The van der Waals surface area contributed by atoms with Crippen molar-refractivity contribution in [2.75, 3.05) is 13.2 Å². The Balaban J connectivity index is 1.74. The van der Waals surface area contributed by atoms with Crippen LogP contribution < -0.4 is 9.46 Å². The zero-order valence-electron chi connectivity index (χ0n) is 13.8. The number of thiophene rings is 1. The summed E-state index contributed by atoms with van der Waals surface area (Å²) in [7, 11) is -3.51. The van der Waals surface area contributed by atoms with Crippen molar-refractivity contribution < 1.29 is 13.2 Å². The van der Waals surface area contributed by atoms with Crippen LogP contribution in [0.15, 0.2) is 46.7 Å². The highest BCUT2D eigenvalue weighted by atomic mass is 32.2. The van der Waals surface area contributed by atoms with Crippen molar-refractivity contribution in [1.82, 2.24) is 4.72 Å². The first-order chi connectivity index (χ1) is 11.6. The SMILES string of the molecule is CCOc1ccc(S(=O)(=O)NCC2(c3cccs3)CCCC2)cc1. The van der Waals surface area contributed by atoms with Gasteiger partial charge < -0.3 is 4.74 Å². The lowest BCUT2D eigenvalue weighted by Gasteiger charge is -2.28. The van der Waals surface area contributed by atoms with Gasteiger partial charge in [-0.1, -0.05) is 18.9 Å². The van der Waals surface area contributed by atoms with Gasteiger partial charge in [-0.05, 0) is 55.5 Å². The van der Waals surface area contributed by atoms with E-state index < -0.39 is 10.0 Å². The van der Waals surface area contributed by atoms with E-state index in [0.717, 1.165) is 25.7 Å². The summed E-state index contributed by atoms with van der Waals surface area (Å²) in [6.45, 7) is 2.93. The lowest BCUT2D eigenvalue weighted by molar-refractivity contribution is 0.340. The Morgan fingerprint density at radius 1 is 1.17 bits per heavy atom. The number of hydrogen-bond acceptors (Lipinski definition) is 4. The maximum Gasteiger partial charge on any atom is 0.240 e. The molecule has 2 aromatic rings. The normalized spacial score (nSPS) is 17.0. The highest BCUT2D eigenvalue weighted by molar-refractivity contribution is 7.89. The van der Waals surface area contributed by atoms with Crippen LogP contribution >= 0.6 is 11.3 Å². The van der Waals surface area contributed by atoms with E-state index in [-0.39, 0.29) is 10.3 Å². The molecule has 1 aromatic carbocycles. The van der Waals surface area contributed by atoms with E-state index in [1.165, 1.54) is 4.88 Å². The largest absolute Gasteiger partial charge is 0.494 e. The van der Waals surface area contributed by atoms with Crippen LogP contribution in [0.5, 0.6) is 5.75 Å². The van der Waals surface area contributed by atoms with Gasteiger partial charge in [-0.3, -0.25) is 0 Å². The van der Waals surface area contributed by atoms with Crippen molar-refractivity contribution in [2.24, 2.45) is 0 Å². The summed E-state index contributed by atoms with van der Waals surface area (Å²) in [5, 5.41) is 2.07. The molecule has 0 radical (unpaired) electrons. The Morgan fingerprint density at radius 3 is 2.46 bits per heavy atom. The Morgan fingerprint density at radius 2 is 1.88 bits per heavy atom. The summed E-state index contributed by atoms with van der Waals surface area (Å²) in [4.78, 5) is 1.57. The lowest BCUT2D eigenvalue weighted by Crippen LogP contribution is -2.38. The second-order valence-electron chi connectivity index (χ2n) is 6.19. The van der Waals surface area contributed by atoms with Crippen molar-refractivity contribution in [3.63, 3.8) is 0 Å². The highest BCUT2D eigenvalue weighted by Gasteiger charge is 2.37. The van der Waals surface area contributed by atoms with Gasteiger partial charge in [-0.15, -0.1) is 11.3 Å². The Kier molecular flexibility index (Phi) is 5.27. The smallest absolute Gasteiger partial charge is 0.240 e. The van der Waals surface area contributed by atoms with Gasteiger partial charge in [0.1, 0.15) is 5.75 Å². The van der Waals surface area contributed by atoms with Crippen LogP contribution in [0, 0.1) is 0 Å². The molecule has 4 nitrogen and oxygen atoms in total. The summed E-state index contributed by atoms with van der Waals surface area (Å²) in [6, 6.07) is 10.8. The molecule has 24 heavy (non-hydrogen) atoms. The fourth-order valence-electron chi connectivity index (χ4n) is 3.34. The summed E-state index contributed by atoms with van der Waals surface area (Å²) in [6.07, 6.45) is 4.39. The summed E-state index contributed by atoms with van der Waals surface area (Å²) >= 11 is 1.72. The maximum atomic E-state index is 12.6. The van der Waals surface area contributed by atoms with E-state index in [4.69, 9.17) is 4.74 Å². The van der Waals surface area contributed by atoms with Crippen LogP contribution in [-0.4, -0.2) is 21.6 Å². The predicted molar refractivity (Wildman–Crippen MR) is 97.3 cm³/mol. The number of ether oxygens (including phenoxy) is 1. The molecule has 1 fully saturated rings. The molecule has 1 aliphatic carbocycles. The minimum atomic E-state index is -3.51. The average Bonchev–Trinajstić information content (AvgIpc) is 3.26. The van der Waals surface area contributed by atoms with Crippen LogP contribution in [0.1, 0.15) is 37.5 Å². The maximum absolute atomic E-state index is 12.6. The Hall–Kier alpha value is -1.37. The molecule has 1 aliphatic rings. The topological polar surface area (TPSA) is 55.4 Å². The molecule has 0 unspecified atom stereocenters. The number of rotatable bonds is 7. The van der Waals surface area contributed by atoms with Gasteiger partial charge in [0.05, 0.1) is 11.5 Å². The molecule has 0 aliphatic heterocycles. The molecule has 130 valence electrons. The predicted octanol–water partition coefficient (Wildman–Crippen LogP) is 3.94. The van der Waals surface area contributed by atoms with E-state index in [0.29, 0.717) is 18.9 Å². The second kappa shape index (κ2) is 7.25. The van der Waals surface area contributed by atoms with E-state index in [2.05, 4.69) is 16.2 Å². The highest BCUT2D eigenvalue weighted by Crippen LogP contribution is 2.42. The third-order valence-electron chi connectivity index (χ3n) is 4.65. The molecular formula is C18H23NO3S2. The molecule has 0 spiro atoms. The van der Waals surface area contributed by atoms with E-state index in [1.807, 2.05) is 13.0 Å². The van der Waals surface area contributed by atoms with Crippen LogP contribution in [0.25, 0.3) is 0 Å². The van der Waals surface area contributed by atoms with Crippen molar-refractivity contribution in [2.45, 2.75) is 42.9 Å². The van der Waals surface area contributed by atoms with Crippen LogP contribution in [0.2, 0.25) is 0 Å². The molecule has 0 bridgehead atoms. The first kappa shape index (κ1) is 17.5. The number of sulfonamides is 1. The van der Waals surface area contributed by atoms with Gasteiger partial charge in [-0.25, -0.2) is 13.1 Å². The van der Waals surface area contributed by atoms with Crippen molar-refractivity contribution in [3.8, 4) is 5.75 Å². The minimum Gasteiger partial charge on any atom is -0.494 e. The van der Waals surface area contributed by atoms with Crippen molar-refractivity contribution in [3.05, 3.63) is 46.7 Å². The molecule has 6 heteroatoms. The molecule has 3 rings (SSSR count). The minimum absolute atomic E-state index is 0.0491. The second-order valence-corrected chi connectivity index (χ2v) is 8.91. The third kappa shape index (κ3) is 3.66. The zero-order chi connectivity index (χ0) is 17.0. The van der Waals surface area contributed by atoms with Gasteiger partial charge in [0, 0.05) is 16.8 Å². The monoisotopic (exact) mass is 365 g/mol. The Bertz CT molecular complexity index is 746. The molecule has 1 heterocycles. The number of nitrogens with one attached hydrogen (secondary N) is 1. The van der Waals surface area contributed by atoms with Crippen LogP contribution in [-0.2, 0) is 15.4 Å². The van der Waals surface area contributed by atoms with Crippen molar-refractivity contribution >= 4 is 21.4 Å². The molecule has 0 atom stereocenters. The van der Waals surface area contributed by atoms with E-state index in [1.54, 1.807) is 35.6 Å². The summed E-state index contributed by atoms with van der Waals surface area (Å²) in [5.41, 5.74) is -0.0491. The van der Waals surface area contributed by atoms with Gasteiger partial charge in [0.15, 0.2) is 0 Å². The number of hydrogen-bond donors (Lipinski definition) is 1. The first-order valence-corrected chi connectivity index (χ1v) is 10.7. The third-order valence-corrected chi connectivity index (χ3v) is 7.18. The van der Waals surface area contributed by atoms with Gasteiger partial charge >= 0.3 is 0 Å². The van der Waals surface area contributed by atoms with Gasteiger partial charge in [0.2, 0.25) is 10.0 Å².